The van der Waals surface area contributed by atoms with E-state index in [4.69, 9.17) is 4.74 Å². The number of methoxy groups -OCH3 is 1. The van der Waals surface area contributed by atoms with Gasteiger partial charge in [0, 0.05) is 17.7 Å². The van der Waals surface area contributed by atoms with Crippen LogP contribution in [0, 0.1) is 24.0 Å². The maximum absolute atomic E-state index is 12.2. The number of rotatable bonds is 4. The van der Waals surface area contributed by atoms with Crippen LogP contribution in [0.3, 0.4) is 0 Å². The van der Waals surface area contributed by atoms with Gasteiger partial charge < -0.3 is 10.1 Å². The molecule has 2 aromatic rings. The number of H-pyrrole nitrogens is 1. The zero-order valence-electron chi connectivity index (χ0n) is 11.8. The lowest BCUT2D eigenvalue weighted by molar-refractivity contribution is -0.385. The van der Waals surface area contributed by atoms with E-state index in [1.165, 1.54) is 25.3 Å². The standard InChI is InChI=1S/C13H14N4O4/c1-7-12(8(2)16-15-7)14-13(18)9-4-5-10(17(19)20)11(6-9)21-3/h4-6H,1-3H3,(H,14,18)(H,15,16). The largest absolute Gasteiger partial charge is 0.490 e. The van der Waals surface area contributed by atoms with Gasteiger partial charge in [-0.1, -0.05) is 0 Å². The monoisotopic (exact) mass is 290 g/mol. The highest BCUT2D eigenvalue weighted by Crippen LogP contribution is 2.28. The number of carbonyl (C=O) groups excluding carboxylic acids is 1. The summed E-state index contributed by atoms with van der Waals surface area (Å²) < 4.78 is 4.94. The molecule has 0 bridgehead atoms. The van der Waals surface area contributed by atoms with Crippen LogP contribution in [0.5, 0.6) is 5.75 Å². The summed E-state index contributed by atoms with van der Waals surface area (Å²) in [5, 5.41) is 20.3. The van der Waals surface area contributed by atoms with Crippen LogP contribution < -0.4 is 10.1 Å². The second kappa shape index (κ2) is 5.61. The van der Waals surface area contributed by atoms with E-state index in [0.717, 1.165) is 5.69 Å². The molecular formula is C13H14N4O4. The van der Waals surface area contributed by atoms with Crippen molar-refractivity contribution in [3.63, 3.8) is 0 Å². The smallest absolute Gasteiger partial charge is 0.310 e. The number of ether oxygens (including phenoxy) is 1. The van der Waals surface area contributed by atoms with E-state index < -0.39 is 10.8 Å². The number of amides is 1. The van der Waals surface area contributed by atoms with E-state index in [2.05, 4.69) is 15.5 Å². The first kappa shape index (κ1) is 14.5. The van der Waals surface area contributed by atoms with Crippen LogP contribution >= 0.6 is 0 Å². The van der Waals surface area contributed by atoms with Crippen molar-refractivity contribution in [1.29, 1.82) is 0 Å². The second-order valence-corrected chi connectivity index (χ2v) is 4.41. The van der Waals surface area contributed by atoms with E-state index in [0.29, 0.717) is 11.4 Å². The molecule has 8 heteroatoms. The topological polar surface area (TPSA) is 110 Å². The molecule has 110 valence electrons. The van der Waals surface area contributed by atoms with Crippen molar-refractivity contribution in [2.75, 3.05) is 12.4 Å². The Morgan fingerprint density at radius 3 is 2.67 bits per heavy atom. The van der Waals surface area contributed by atoms with Crippen molar-refractivity contribution in [2.24, 2.45) is 0 Å². The molecule has 1 heterocycles. The van der Waals surface area contributed by atoms with Crippen LogP contribution in [0.2, 0.25) is 0 Å². The first-order chi connectivity index (χ1) is 9.93. The third-order valence-electron chi connectivity index (χ3n) is 3.01. The van der Waals surface area contributed by atoms with Crippen molar-refractivity contribution in [3.8, 4) is 5.75 Å². The number of aryl methyl sites for hydroxylation is 2. The van der Waals surface area contributed by atoms with Gasteiger partial charge in [0.15, 0.2) is 5.75 Å². The quantitative estimate of drug-likeness (QED) is 0.662. The molecule has 0 spiro atoms. The summed E-state index contributed by atoms with van der Waals surface area (Å²) in [6.45, 7) is 3.54. The third-order valence-corrected chi connectivity index (χ3v) is 3.01. The number of nitro groups is 1. The predicted octanol–water partition coefficient (Wildman–Crippen LogP) is 2.20. The lowest BCUT2D eigenvalue weighted by Crippen LogP contribution is -2.13. The Morgan fingerprint density at radius 2 is 2.14 bits per heavy atom. The molecule has 0 aliphatic rings. The molecule has 0 saturated carbocycles. The molecule has 2 rings (SSSR count). The Hall–Kier alpha value is -2.90. The summed E-state index contributed by atoms with van der Waals surface area (Å²) in [6.07, 6.45) is 0. The molecule has 0 aliphatic carbocycles. The molecule has 1 amide bonds. The summed E-state index contributed by atoms with van der Waals surface area (Å²) in [7, 11) is 1.31. The zero-order chi connectivity index (χ0) is 15.6. The number of aromatic nitrogens is 2. The number of carbonyl (C=O) groups is 1. The van der Waals surface area contributed by atoms with Crippen molar-refractivity contribution in [2.45, 2.75) is 13.8 Å². The fourth-order valence-corrected chi connectivity index (χ4v) is 1.89. The van der Waals surface area contributed by atoms with Gasteiger partial charge >= 0.3 is 5.69 Å². The minimum absolute atomic E-state index is 0.0355. The number of anilines is 1. The Morgan fingerprint density at radius 1 is 1.43 bits per heavy atom. The summed E-state index contributed by atoms with van der Waals surface area (Å²) in [4.78, 5) is 22.4. The van der Waals surface area contributed by atoms with Crippen LogP contribution in [0.1, 0.15) is 21.7 Å². The van der Waals surface area contributed by atoms with E-state index in [1.54, 1.807) is 13.8 Å². The highest BCUT2D eigenvalue weighted by Gasteiger charge is 2.18. The normalized spacial score (nSPS) is 10.2. The van der Waals surface area contributed by atoms with Gasteiger partial charge in [0.2, 0.25) is 0 Å². The summed E-state index contributed by atoms with van der Waals surface area (Å²) in [6, 6.07) is 3.95. The third kappa shape index (κ3) is 2.83. The fourth-order valence-electron chi connectivity index (χ4n) is 1.89. The average Bonchev–Trinajstić information content (AvgIpc) is 2.78. The van der Waals surface area contributed by atoms with E-state index in [-0.39, 0.29) is 17.0 Å². The molecule has 0 fully saturated rings. The lowest BCUT2D eigenvalue weighted by Gasteiger charge is -2.07. The lowest BCUT2D eigenvalue weighted by atomic mass is 10.1. The second-order valence-electron chi connectivity index (χ2n) is 4.41. The number of hydrogen-bond acceptors (Lipinski definition) is 5. The van der Waals surface area contributed by atoms with Gasteiger partial charge in [-0.3, -0.25) is 20.0 Å². The Labute approximate surface area is 120 Å². The number of benzene rings is 1. The molecule has 0 saturated heterocycles. The highest BCUT2D eigenvalue weighted by molar-refractivity contribution is 6.05. The van der Waals surface area contributed by atoms with E-state index in [1.807, 2.05) is 0 Å². The van der Waals surface area contributed by atoms with Gasteiger partial charge in [0.1, 0.15) is 0 Å². The molecule has 2 N–H and O–H groups in total. The summed E-state index contributed by atoms with van der Waals surface area (Å²) in [5.74, 6) is -0.357. The molecule has 8 nitrogen and oxygen atoms in total. The first-order valence-corrected chi connectivity index (χ1v) is 6.09. The average molecular weight is 290 g/mol. The highest BCUT2D eigenvalue weighted by atomic mass is 16.6. The SMILES string of the molecule is COc1cc(C(=O)Nc2c(C)n[nH]c2C)ccc1[N+](=O)[O-]. The maximum atomic E-state index is 12.2. The zero-order valence-corrected chi connectivity index (χ0v) is 11.8. The fraction of sp³-hybridized carbons (Fsp3) is 0.231. The van der Waals surface area contributed by atoms with Crippen molar-refractivity contribution in [1.82, 2.24) is 10.2 Å². The molecule has 0 radical (unpaired) electrons. The summed E-state index contributed by atoms with van der Waals surface area (Å²) >= 11 is 0. The van der Waals surface area contributed by atoms with E-state index in [9.17, 15) is 14.9 Å². The summed E-state index contributed by atoms with van der Waals surface area (Å²) in [5.41, 5.74) is 2.06. The molecule has 0 aliphatic heterocycles. The van der Waals surface area contributed by atoms with Crippen molar-refractivity contribution >= 4 is 17.3 Å². The predicted molar refractivity (Wildman–Crippen MR) is 75.7 cm³/mol. The van der Waals surface area contributed by atoms with Crippen molar-refractivity contribution in [3.05, 3.63) is 45.3 Å². The molecule has 21 heavy (non-hydrogen) atoms. The Bertz CT molecular complexity index is 689. The van der Waals surface area contributed by atoms with Gasteiger partial charge in [-0.25, -0.2) is 0 Å². The van der Waals surface area contributed by atoms with Crippen LogP contribution in [0.4, 0.5) is 11.4 Å². The van der Waals surface area contributed by atoms with Gasteiger partial charge in [-0.2, -0.15) is 5.10 Å². The molecule has 0 atom stereocenters. The Balaban J connectivity index is 2.30. The van der Waals surface area contributed by atoms with Gasteiger partial charge in [-0.05, 0) is 19.9 Å². The number of aromatic amines is 1. The van der Waals surface area contributed by atoms with Crippen LogP contribution in [0.25, 0.3) is 0 Å². The van der Waals surface area contributed by atoms with Gasteiger partial charge in [0.05, 0.1) is 29.1 Å². The van der Waals surface area contributed by atoms with Gasteiger partial charge in [-0.15, -0.1) is 0 Å². The first-order valence-electron chi connectivity index (χ1n) is 6.09. The minimum atomic E-state index is -0.565. The Kier molecular flexibility index (Phi) is 3.88. The van der Waals surface area contributed by atoms with Crippen molar-refractivity contribution < 1.29 is 14.5 Å². The number of nitrogens with zero attached hydrogens (tertiary/aromatic N) is 2. The van der Waals surface area contributed by atoms with Gasteiger partial charge in [0.25, 0.3) is 5.91 Å². The number of nitro benzene ring substituents is 1. The molecule has 0 unspecified atom stereocenters. The van der Waals surface area contributed by atoms with Crippen LogP contribution in [-0.4, -0.2) is 28.1 Å². The molecule has 1 aromatic carbocycles. The number of hydrogen-bond donors (Lipinski definition) is 2. The molecular weight excluding hydrogens is 276 g/mol. The maximum Gasteiger partial charge on any atom is 0.310 e. The van der Waals surface area contributed by atoms with Crippen LogP contribution in [0.15, 0.2) is 18.2 Å². The number of nitrogens with one attached hydrogen (secondary N) is 2. The van der Waals surface area contributed by atoms with Crippen LogP contribution in [-0.2, 0) is 0 Å². The molecule has 1 aromatic heterocycles. The van der Waals surface area contributed by atoms with E-state index >= 15 is 0 Å². The minimum Gasteiger partial charge on any atom is -0.490 e.